The monoisotopic (exact) mass is 242 g/mol. The van der Waals surface area contributed by atoms with E-state index in [-0.39, 0.29) is 11.5 Å². The largest absolute Gasteiger partial charge is 0.399 e. The van der Waals surface area contributed by atoms with Crippen LogP contribution in [-0.4, -0.2) is 6.04 Å². The van der Waals surface area contributed by atoms with Gasteiger partial charge in [-0.05, 0) is 42.7 Å². The molecule has 96 valence electrons. The Morgan fingerprint density at radius 3 is 2.39 bits per heavy atom. The summed E-state index contributed by atoms with van der Waals surface area (Å²) in [5.41, 5.74) is 17.7. The molecule has 2 nitrogen and oxygen atoms in total. The van der Waals surface area contributed by atoms with Crippen molar-refractivity contribution in [2.45, 2.75) is 33.7 Å². The Hall–Kier alpha value is -1.54. The quantitative estimate of drug-likeness (QED) is 0.743. The van der Waals surface area contributed by atoms with Gasteiger partial charge in [0.05, 0.1) is 0 Å². The standard InChI is InChI=1S/C16H22N2/c1-10-7-12(5-6-14(10)17)13-8-11(2)15(18)16(3,4)9-13/h5-9,15H,17-18H2,1-4H3/t15-/m0/s1. The number of hydrogen-bond acceptors (Lipinski definition) is 2. The third-order valence-corrected chi connectivity index (χ3v) is 3.81. The molecule has 2 rings (SSSR count). The highest BCUT2D eigenvalue weighted by Crippen LogP contribution is 2.36. The number of rotatable bonds is 1. The van der Waals surface area contributed by atoms with Gasteiger partial charge in [-0.15, -0.1) is 0 Å². The van der Waals surface area contributed by atoms with Crippen molar-refractivity contribution in [3.63, 3.8) is 0 Å². The Balaban J connectivity index is 2.48. The van der Waals surface area contributed by atoms with Gasteiger partial charge in [0.15, 0.2) is 0 Å². The van der Waals surface area contributed by atoms with Crippen LogP contribution in [0.25, 0.3) is 5.57 Å². The zero-order valence-electron chi connectivity index (χ0n) is 11.6. The summed E-state index contributed by atoms with van der Waals surface area (Å²) in [4.78, 5) is 0. The second-order valence-electron chi connectivity index (χ2n) is 5.86. The van der Waals surface area contributed by atoms with E-state index >= 15 is 0 Å². The van der Waals surface area contributed by atoms with E-state index in [1.165, 1.54) is 16.7 Å². The van der Waals surface area contributed by atoms with Crippen molar-refractivity contribution in [2.24, 2.45) is 11.1 Å². The molecule has 0 radical (unpaired) electrons. The van der Waals surface area contributed by atoms with Crippen LogP contribution in [0.15, 0.2) is 35.9 Å². The smallest absolute Gasteiger partial charge is 0.0344 e. The third kappa shape index (κ3) is 2.21. The summed E-state index contributed by atoms with van der Waals surface area (Å²) in [5, 5.41) is 0. The Bertz CT molecular complexity index is 536. The average Bonchev–Trinajstić information content (AvgIpc) is 2.29. The number of nitrogens with two attached hydrogens (primary N) is 2. The van der Waals surface area contributed by atoms with E-state index < -0.39 is 0 Å². The molecule has 2 heteroatoms. The van der Waals surface area contributed by atoms with Crippen LogP contribution in [0.2, 0.25) is 0 Å². The topological polar surface area (TPSA) is 52.0 Å². The molecule has 0 saturated heterocycles. The predicted octanol–water partition coefficient (Wildman–Crippen LogP) is 3.27. The fourth-order valence-corrected chi connectivity index (χ4v) is 2.48. The molecule has 0 bridgehead atoms. The zero-order valence-corrected chi connectivity index (χ0v) is 11.6. The Labute approximate surface area is 109 Å². The fourth-order valence-electron chi connectivity index (χ4n) is 2.48. The molecule has 0 spiro atoms. The van der Waals surface area contributed by atoms with Gasteiger partial charge in [-0.25, -0.2) is 0 Å². The van der Waals surface area contributed by atoms with Crippen molar-refractivity contribution < 1.29 is 0 Å². The molecule has 0 aliphatic heterocycles. The number of nitrogen functional groups attached to an aromatic ring is 1. The molecule has 1 aromatic rings. The molecule has 4 N–H and O–H groups in total. The molecule has 0 heterocycles. The number of benzene rings is 1. The van der Waals surface area contributed by atoms with Crippen LogP contribution in [0, 0.1) is 12.3 Å². The van der Waals surface area contributed by atoms with Gasteiger partial charge in [0, 0.05) is 17.1 Å². The average molecular weight is 242 g/mol. The number of hydrogen-bond donors (Lipinski definition) is 2. The normalized spacial score (nSPS) is 22.4. The van der Waals surface area contributed by atoms with Gasteiger partial charge in [0.2, 0.25) is 0 Å². The first-order chi connectivity index (χ1) is 8.31. The Morgan fingerprint density at radius 2 is 1.83 bits per heavy atom. The van der Waals surface area contributed by atoms with Gasteiger partial charge in [0.1, 0.15) is 0 Å². The number of allylic oxidation sites excluding steroid dienone is 2. The Kier molecular flexibility index (Phi) is 3.07. The van der Waals surface area contributed by atoms with E-state index in [4.69, 9.17) is 11.5 Å². The van der Waals surface area contributed by atoms with Crippen LogP contribution in [0.3, 0.4) is 0 Å². The van der Waals surface area contributed by atoms with Gasteiger partial charge in [0.25, 0.3) is 0 Å². The zero-order chi connectivity index (χ0) is 13.5. The molecule has 1 aliphatic rings. The van der Waals surface area contributed by atoms with Crippen LogP contribution in [0.1, 0.15) is 31.9 Å². The molecule has 1 aromatic carbocycles. The maximum absolute atomic E-state index is 6.22. The molecule has 0 amide bonds. The number of aryl methyl sites for hydroxylation is 1. The third-order valence-electron chi connectivity index (χ3n) is 3.81. The lowest BCUT2D eigenvalue weighted by molar-refractivity contribution is 0.407. The summed E-state index contributed by atoms with van der Waals surface area (Å²) in [6.45, 7) is 8.50. The van der Waals surface area contributed by atoms with E-state index in [0.717, 1.165) is 11.3 Å². The summed E-state index contributed by atoms with van der Waals surface area (Å²) in [6.07, 6.45) is 4.44. The highest BCUT2D eigenvalue weighted by atomic mass is 14.7. The fraction of sp³-hybridized carbons (Fsp3) is 0.375. The van der Waals surface area contributed by atoms with Crippen LogP contribution < -0.4 is 11.5 Å². The van der Waals surface area contributed by atoms with E-state index in [1.54, 1.807) is 0 Å². The first-order valence-corrected chi connectivity index (χ1v) is 6.34. The minimum absolute atomic E-state index is 0.0105. The SMILES string of the molecule is CC1=CC(c2ccc(N)c(C)c2)=CC(C)(C)[C@H]1N. The second kappa shape index (κ2) is 4.29. The minimum atomic E-state index is -0.0105. The summed E-state index contributed by atoms with van der Waals surface area (Å²) in [5.74, 6) is 0. The summed E-state index contributed by atoms with van der Waals surface area (Å²) in [6, 6.07) is 6.27. The van der Waals surface area contributed by atoms with E-state index in [2.05, 4.69) is 45.1 Å². The summed E-state index contributed by atoms with van der Waals surface area (Å²) in [7, 11) is 0. The molecule has 0 saturated carbocycles. The van der Waals surface area contributed by atoms with Gasteiger partial charge >= 0.3 is 0 Å². The van der Waals surface area contributed by atoms with E-state index in [0.29, 0.717) is 0 Å². The molecule has 0 unspecified atom stereocenters. The highest BCUT2D eigenvalue weighted by molar-refractivity contribution is 5.78. The molecule has 0 aromatic heterocycles. The summed E-state index contributed by atoms with van der Waals surface area (Å²) >= 11 is 0. The van der Waals surface area contributed by atoms with Crippen LogP contribution in [-0.2, 0) is 0 Å². The molecular weight excluding hydrogens is 220 g/mol. The number of anilines is 1. The second-order valence-corrected chi connectivity index (χ2v) is 5.86. The molecule has 18 heavy (non-hydrogen) atoms. The van der Waals surface area contributed by atoms with Crippen molar-refractivity contribution in [1.29, 1.82) is 0 Å². The van der Waals surface area contributed by atoms with Gasteiger partial charge < -0.3 is 11.5 Å². The van der Waals surface area contributed by atoms with Crippen molar-refractivity contribution in [3.05, 3.63) is 47.1 Å². The van der Waals surface area contributed by atoms with Crippen molar-refractivity contribution in [2.75, 3.05) is 5.73 Å². The predicted molar refractivity (Wildman–Crippen MR) is 79.1 cm³/mol. The van der Waals surface area contributed by atoms with Crippen LogP contribution in [0.4, 0.5) is 5.69 Å². The van der Waals surface area contributed by atoms with E-state index in [9.17, 15) is 0 Å². The minimum Gasteiger partial charge on any atom is -0.399 e. The summed E-state index contributed by atoms with van der Waals surface area (Å²) < 4.78 is 0. The maximum Gasteiger partial charge on any atom is 0.0344 e. The molecule has 0 fully saturated rings. The lowest BCUT2D eigenvalue weighted by Crippen LogP contribution is -2.38. The van der Waals surface area contributed by atoms with Gasteiger partial charge in [-0.1, -0.05) is 37.6 Å². The van der Waals surface area contributed by atoms with Crippen molar-refractivity contribution in [3.8, 4) is 0 Å². The van der Waals surface area contributed by atoms with Crippen LogP contribution in [0.5, 0.6) is 0 Å². The lowest BCUT2D eigenvalue weighted by atomic mass is 9.75. The van der Waals surface area contributed by atoms with Gasteiger partial charge in [-0.3, -0.25) is 0 Å². The molecule has 1 atom stereocenters. The van der Waals surface area contributed by atoms with Crippen molar-refractivity contribution >= 4 is 11.3 Å². The van der Waals surface area contributed by atoms with Crippen LogP contribution >= 0.6 is 0 Å². The van der Waals surface area contributed by atoms with E-state index in [1.807, 2.05) is 13.0 Å². The lowest BCUT2D eigenvalue weighted by Gasteiger charge is -2.34. The Morgan fingerprint density at radius 1 is 1.17 bits per heavy atom. The first-order valence-electron chi connectivity index (χ1n) is 6.34. The molecule has 1 aliphatic carbocycles. The highest BCUT2D eigenvalue weighted by Gasteiger charge is 2.29. The molecular formula is C16H22N2. The van der Waals surface area contributed by atoms with Crippen molar-refractivity contribution in [1.82, 2.24) is 0 Å². The maximum atomic E-state index is 6.22. The first kappa shape index (κ1) is 12.9. The van der Waals surface area contributed by atoms with Gasteiger partial charge in [-0.2, -0.15) is 0 Å².